The molecule has 0 radical (unpaired) electrons. The minimum Gasteiger partial charge on any atom is -0.507 e. The molecule has 1 aliphatic rings. The number of benzene rings is 2. The van der Waals surface area contributed by atoms with Crippen LogP contribution in [0.2, 0.25) is 0 Å². The Hall–Kier alpha value is -3.52. The average Bonchev–Trinajstić information content (AvgIpc) is 2.98. The molecule has 1 N–H and O–H groups in total. The fourth-order valence-corrected chi connectivity index (χ4v) is 3.54. The van der Waals surface area contributed by atoms with Crippen LogP contribution in [0.5, 0.6) is 0 Å². The largest absolute Gasteiger partial charge is 0.507 e. The zero-order valence-electron chi connectivity index (χ0n) is 16.8. The van der Waals surface area contributed by atoms with E-state index in [9.17, 15) is 24.8 Å². The molecule has 0 bridgehead atoms. The summed E-state index contributed by atoms with van der Waals surface area (Å²) in [5.74, 6) is -1.70. The number of nitro benzene ring substituents is 1. The fourth-order valence-electron chi connectivity index (χ4n) is 3.54. The summed E-state index contributed by atoms with van der Waals surface area (Å²) < 4.78 is 0. The third-order valence-electron chi connectivity index (χ3n) is 5.01. The molecule has 2 aromatic carbocycles. The van der Waals surface area contributed by atoms with Crippen LogP contribution in [0.15, 0.2) is 60.2 Å². The van der Waals surface area contributed by atoms with Gasteiger partial charge in [-0.2, -0.15) is 0 Å². The van der Waals surface area contributed by atoms with Gasteiger partial charge in [-0.3, -0.25) is 19.7 Å². The molecule has 0 aromatic heterocycles. The summed E-state index contributed by atoms with van der Waals surface area (Å²) in [5.41, 5.74) is 0.856. The summed E-state index contributed by atoms with van der Waals surface area (Å²) in [6.45, 7) is 1.03. The molecule has 1 amide bonds. The first kappa shape index (κ1) is 21.2. The Kier molecular flexibility index (Phi) is 6.27. The number of hydrogen-bond acceptors (Lipinski definition) is 6. The topological polar surface area (TPSA) is 104 Å². The average molecular weight is 409 g/mol. The van der Waals surface area contributed by atoms with Crippen molar-refractivity contribution >= 4 is 23.1 Å². The van der Waals surface area contributed by atoms with E-state index in [2.05, 4.69) is 0 Å². The summed E-state index contributed by atoms with van der Waals surface area (Å²) in [5, 5.41) is 21.9. The number of aliphatic hydroxyl groups is 1. The molecule has 0 spiro atoms. The van der Waals surface area contributed by atoms with Crippen molar-refractivity contribution in [3.63, 3.8) is 0 Å². The highest BCUT2D eigenvalue weighted by molar-refractivity contribution is 6.46. The number of carbonyl (C=O) groups is 2. The van der Waals surface area contributed by atoms with E-state index in [-0.39, 0.29) is 17.0 Å². The highest BCUT2D eigenvalue weighted by Gasteiger charge is 2.45. The number of carbonyl (C=O) groups excluding carboxylic acids is 2. The van der Waals surface area contributed by atoms with Crippen LogP contribution in [-0.4, -0.2) is 58.7 Å². The van der Waals surface area contributed by atoms with Crippen LogP contribution in [0.3, 0.4) is 0 Å². The van der Waals surface area contributed by atoms with Crippen molar-refractivity contribution in [2.24, 2.45) is 0 Å². The SMILES string of the molecule is CN(C)CCCN1C(=O)C(=O)/C(=C(/O)c2ccccc2)[C@@H]1c1ccc([N+](=O)[O-])cc1. The van der Waals surface area contributed by atoms with Gasteiger partial charge >= 0.3 is 0 Å². The lowest BCUT2D eigenvalue weighted by Gasteiger charge is -2.25. The number of rotatable bonds is 7. The van der Waals surface area contributed by atoms with E-state index in [1.54, 1.807) is 30.3 Å². The fraction of sp³-hybridized carbons (Fsp3) is 0.273. The Morgan fingerprint density at radius 1 is 1.10 bits per heavy atom. The van der Waals surface area contributed by atoms with E-state index in [0.29, 0.717) is 30.6 Å². The van der Waals surface area contributed by atoms with Gasteiger partial charge in [-0.1, -0.05) is 30.3 Å². The molecule has 1 fully saturated rings. The van der Waals surface area contributed by atoms with Crippen molar-refractivity contribution in [1.82, 2.24) is 9.80 Å². The van der Waals surface area contributed by atoms with Gasteiger partial charge in [0, 0.05) is 24.2 Å². The first-order chi connectivity index (χ1) is 14.3. The van der Waals surface area contributed by atoms with Crippen LogP contribution >= 0.6 is 0 Å². The summed E-state index contributed by atoms with van der Waals surface area (Å²) in [7, 11) is 3.83. The second-order valence-corrected chi connectivity index (χ2v) is 7.36. The maximum Gasteiger partial charge on any atom is 0.295 e. The van der Waals surface area contributed by atoms with Crippen LogP contribution in [0.1, 0.15) is 23.6 Å². The normalized spacial score (nSPS) is 18.2. The number of hydrogen-bond donors (Lipinski definition) is 1. The molecule has 156 valence electrons. The maximum atomic E-state index is 12.9. The molecular weight excluding hydrogens is 386 g/mol. The van der Waals surface area contributed by atoms with Gasteiger partial charge < -0.3 is 14.9 Å². The van der Waals surface area contributed by atoms with E-state index in [1.165, 1.54) is 29.2 Å². The number of nitrogens with zero attached hydrogens (tertiary/aromatic N) is 3. The zero-order chi connectivity index (χ0) is 21.8. The number of aliphatic hydroxyl groups excluding tert-OH is 1. The summed E-state index contributed by atoms with van der Waals surface area (Å²) in [6, 6.07) is 13.4. The molecule has 3 rings (SSSR count). The molecule has 1 aliphatic heterocycles. The second kappa shape index (κ2) is 8.87. The van der Waals surface area contributed by atoms with Gasteiger partial charge in [0.1, 0.15) is 5.76 Å². The van der Waals surface area contributed by atoms with Crippen LogP contribution in [0.25, 0.3) is 5.76 Å². The number of non-ortho nitro benzene ring substituents is 1. The van der Waals surface area contributed by atoms with Crippen LogP contribution in [-0.2, 0) is 9.59 Å². The minimum atomic E-state index is -0.812. The molecule has 1 heterocycles. The van der Waals surface area contributed by atoms with E-state index in [1.807, 2.05) is 19.0 Å². The lowest BCUT2D eigenvalue weighted by molar-refractivity contribution is -0.384. The van der Waals surface area contributed by atoms with E-state index >= 15 is 0 Å². The Morgan fingerprint density at radius 3 is 2.30 bits per heavy atom. The van der Waals surface area contributed by atoms with Crippen LogP contribution < -0.4 is 0 Å². The van der Waals surface area contributed by atoms with Gasteiger partial charge in [-0.25, -0.2) is 0 Å². The van der Waals surface area contributed by atoms with Crippen molar-refractivity contribution in [3.8, 4) is 0 Å². The quantitative estimate of drug-likeness (QED) is 0.248. The standard InChI is InChI=1S/C22H23N3O5/c1-23(2)13-6-14-24-19(15-9-11-17(12-10-15)25(29)30)18(21(27)22(24)28)20(26)16-7-4-3-5-8-16/h3-5,7-12,19,26H,6,13-14H2,1-2H3/b20-18+/t19-/m0/s1. The van der Waals surface area contributed by atoms with Crippen molar-refractivity contribution < 1.29 is 19.6 Å². The lowest BCUT2D eigenvalue weighted by Crippen LogP contribution is -2.32. The first-order valence-corrected chi connectivity index (χ1v) is 9.54. The lowest BCUT2D eigenvalue weighted by atomic mass is 9.95. The molecule has 1 atom stereocenters. The van der Waals surface area contributed by atoms with Crippen molar-refractivity contribution in [2.75, 3.05) is 27.2 Å². The number of Topliss-reactive ketones (excluding diaryl/α,β-unsaturated/α-hetero) is 1. The van der Waals surface area contributed by atoms with Gasteiger partial charge in [-0.15, -0.1) is 0 Å². The Balaban J connectivity index is 2.08. The molecule has 8 nitrogen and oxygen atoms in total. The minimum absolute atomic E-state index is 0.00935. The maximum absolute atomic E-state index is 12.9. The molecule has 0 saturated carbocycles. The second-order valence-electron chi connectivity index (χ2n) is 7.36. The number of amides is 1. The Labute approximate surface area is 174 Å². The Bertz CT molecular complexity index is 984. The van der Waals surface area contributed by atoms with Crippen LogP contribution in [0.4, 0.5) is 5.69 Å². The highest BCUT2D eigenvalue weighted by Crippen LogP contribution is 2.39. The van der Waals surface area contributed by atoms with Crippen molar-refractivity contribution in [1.29, 1.82) is 0 Å². The van der Waals surface area contributed by atoms with Gasteiger partial charge in [0.25, 0.3) is 17.4 Å². The molecule has 0 aliphatic carbocycles. The number of likely N-dealkylation sites (tertiary alicyclic amines) is 1. The molecular formula is C22H23N3O5. The monoisotopic (exact) mass is 409 g/mol. The predicted octanol–water partition coefficient (Wildman–Crippen LogP) is 2.97. The summed E-state index contributed by atoms with van der Waals surface area (Å²) >= 11 is 0. The van der Waals surface area contributed by atoms with E-state index in [4.69, 9.17) is 0 Å². The highest BCUT2D eigenvalue weighted by atomic mass is 16.6. The van der Waals surface area contributed by atoms with Gasteiger partial charge in [0.2, 0.25) is 0 Å². The third kappa shape index (κ3) is 4.23. The Morgan fingerprint density at radius 2 is 1.73 bits per heavy atom. The third-order valence-corrected chi connectivity index (χ3v) is 5.01. The van der Waals surface area contributed by atoms with Gasteiger partial charge in [0.05, 0.1) is 16.5 Å². The predicted molar refractivity (Wildman–Crippen MR) is 112 cm³/mol. The number of nitro groups is 1. The van der Waals surface area contributed by atoms with Crippen molar-refractivity contribution in [3.05, 3.63) is 81.4 Å². The van der Waals surface area contributed by atoms with Gasteiger partial charge in [-0.05, 0) is 44.8 Å². The zero-order valence-corrected chi connectivity index (χ0v) is 16.8. The number of ketones is 1. The summed E-state index contributed by atoms with van der Waals surface area (Å²) in [4.78, 5) is 39.5. The first-order valence-electron chi connectivity index (χ1n) is 9.54. The summed E-state index contributed by atoms with van der Waals surface area (Å²) in [6.07, 6.45) is 0.634. The molecule has 2 aromatic rings. The smallest absolute Gasteiger partial charge is 0.295 e. The molecule has 0 unspecified atom stereocenters. The molecule has 1 saturated heterocycles. The van der Waals surface area contributed by atoms with E-state index < -0.39 is 22.7 Å². The van der Waals surface area contributed by atoms with Crippen LogP contribution in [0, 0.1) is 10.1 Å². The van der Waals surface area contributed by atoms with Gasteiger partial charge in [0.15, 0.2) is 0 Å². The molecule has 30 heavy (non-hydrogen) atoms. The molecule has 8 heteroatoms. The van der Waals surface area contributed by atoms with Crippen molar-refractivity contribution in [2.45, 2.75) is 12.5 Å². The van der Waals surface area contributed by atoms with E-state index in [0.717, 1.165) is 0 Å².